The van der Waals surface area contributed by atoms with Gasteiger partial charge in [-0.1, -0.05) is 54.6 Å². The van der Waals surface area contributed by atoms with Crippen molar-refractivity contribution < 1.29 is 4.42 Å². The lowest BCUT2D eigenvalue weighted by molar-refractivity contribution is 0.669. The number of aromatic nitrogens is 1. The molecule has 164 valence electrons. The van der Waals surface area contributed by atoms with Crippen LogP contribution < -0.4 is 0 Å². The maximum Gasteiger partial charge on any atom is 0.136 e. The molecule has 8 rings (SSSR count). The fourth-order valence-corrected chi connectivity index (χ4v) is 6.78. The Balaban J connectivity index is 1.54. The summed E-state index contributed by atoms with van der Waals surface area (Å²) in [6, 6.07) is 32.7. The van der Waals surface area contributed by atoms with Crippen LogP contribution in [0, 0.1) is 6.92 Å². The van der Waals surface area contributed by atoms with Gasteiger partial charge in [0.1, 0.15) is 11.2 Å². The van der Waals surface area contributed by atoms with Crippen LogP contribution in [0.5, 0.6) is 0 Å². The zero-order chi connectivity index (χ0) is 23.1. The Bertz CT molecular complexity index is 2130. The van der Waals surface area contributed by atoms with Gasteiger partial charge in [0, 0.05) is 53.8 Å². The second kappa shape index (κ2) is 6.91. The first-order valence-corrected chi connectivity index (χ1v) is 12.6. The summed E-state index contributed by atoms with van der Waals surface area (Å²) in [6.45, 7) is 2.06. The lowest BCUT2D eigenvalue weighted by Gasteiger charge is -2.12. The Morgan fingerprint density at radius 2 is 1.43 bits per heavy atom. The first-order chi connectivity index (χ1) is 17.2. The molecule has 35 heavy (non-hydrogen) atoms. The van der Waals surface area contributed by atoms with Crippen LogP contribution in [0.3, 0.4) is 0 Å². The molecule has 0 aliphatic heterocycles. The van der Waals surface area contributed by atoms with Gasteiger partial charge in [-0.25, -0.2) is 0 Å². The number of furan rings is 1. The molecule has 0 N–H and O–H groups in total. The van der Waals surface area contributed by atoms with Gasteiger partial charge in [-0.2, -0.15) is 0 Å². The predicted molar refractivity (Wildman–Crippen MR) is 150 cm³/mol. The van der Waals surface area contributed by atoms with E-state index in [9.17, 15) is 0 Å². The van der Waals surface area contributed by atoms with Crippen molar-refractivity contribution in [1.29, 1.82) is 0 Å². The third kappa shape index (κ3) is 2.67. The number of pyridine rings is 1. The summed E-state index contributed by atoms with van der Waals surface area (Å²) in [5.41, 5.74) is 5.35. The van der Waals surface area contributed by atoms with Crippen LogP contribution in [0.1, 0.15) is 5.69 Å². The molecule has 8 aromatic rings. The van der Waals surface area contributed by atoms with E-state index in [1.165, 1.54) is 52.8 Å². The zero-order valence-corrected chi connectivity index (χ0v) is 19.8. The average Bonchev–Trinajstić information content (AvgIpc) is 3.45. The number of aryl methyl sites for hydroxylation is 1. The average molecular weight is 466 g/mol. The number of hydrogen-bond acceptors (Lipinski definition) is 3. The number of benzene rings is 5. The molecule has 0 aliphatic carbocycles. The summed E-state index contributed by atoms with van der Waals surface area (Å²) in [4.78, 5) is 4.70. The largest absolute Gasteiger partial charge is 0.456 e. The van der Waals surface area contributed by atoms with Gasteiger partial charge in [0.2, 0.25) is 0 Å². The van der Waals surface area contributed by atoms with Crippen LogP contribution in [0.2, 0.25) is 0 Å². The fourth-order valence-electron chi connectivity index (χ4n) is 5.55. The Morgan fingerprint density at radius 1 is 0.600 bits per heavy atom. The molecule has 0 aliphatic rings. The van der Waals surface area contributed by atoms with Crippen LogP contribution in [0.15, 0.2) is 102 Å². The first-order valence-electron chi connectivity index (χ1n) is 11.8. The summed E-state index contributed by atoms with van der Waals surface area (Å²) >= 11 is 1.87. The van der Waals surface area contributed by atoms with Gasteiger partial charge in [-0.3, -0.25) is 4.98 Å². The molecular formula is C32H19NOS. The minimum atomic E-state index is 0.925. The van der Waals surface area contributed by atoms with Crippen LogP contribution in [0.25, 0.3) is 74.8 Å². The number of para-hydroxylation sites is 1. The predicted octanol–water partition coefficient (Wildman–Crippen LogP) is 9.63. The maximum atomic E-state index is 6.23. The van der Waals surface area contributed by atoms with Gasteiger partial charge >= 0.3 is 0 Å². The SMILES string of the molecule is Cc1cc2c(cn1)c(-c1cccc3c1sc1ccccc13)cc1cc3c(cc12)oc1ccccc13. The van der Waals surface area contributed by atoms with Crippen molar-refractivity contribution in [2.24, 2.45) is 0 Å². The topological polar surface area (TPSA) is 26.0 Å². The second-order valence-corrected chi connectivity index (χ2v) is 10.3. The smallest absolute Gasteiger partial charge is 0.136 e. The Labute approximate surface area is 205 Å². The summed E-state index contributed by atoms with van der Waals surface area (Å²) in [5, 5.41) is 9.74. The molecule has 0 unspecified atom stereocenters. The number of fused-ring (bicyclic) bond motifs is 9. The normalized spacial score (nSPS) is 12.1. The van der Waals surface area contributed by atoms with Crippen molar-refractivity contribution in [3.05, 3.63) is 103 Å². The number of nitrogens with zero attached hydrogens (tertiary/aromatic N) is 1. The van der Waals surface area contributed by atoms with Gasteiger partial charge < -0.3 is 4.42 Å². The summed E-state index contributed by atoms with van der Waals surface area (Å²) in [5.74, 6) is 0. The molecule has 3 aromatic heterocycles. The van der Waals surface area contributed by atoms with Gasteiger partial charge in [0.25, 0.3) is 0 Å². The third-order valence-electron chi connectivity index (χ3n) is 7.16. The molecule has 0 fully saturated rings. The molecule has 3 heteroatoms. The van der Waals surface area contributed by atoms with Crippen molar-refractivity contribution >= 4 is 75.0 Å². The van der Waals surface area contributed by atoms with Gasteiger partial charge in [0.05, 0.1) is 0 Å². The van der Waals surface area contributed by atoms with Gasteiger partial charge in [-0.05, 0) is 65.0 Å². The lowest BCUT2D eigenvalue weighted by Crippen LogP contribution is -1.88. The second-order valence-electron chi connectivity index (χ2n) is 9.24. The van der Waals surface area contributed by atoms with Crippen molar-refractivity contribution in [2.75, 3.05) is 0 Å². The summed E-state index contributed by atoms with van der Waals surface area (Å²) < 4.78 is 8.88. The van der Waals surface area contributed by atoms with Crippen molar-refractivity contribution in [3.63, 3.8) is 0 Å². The zero-order valence-electron chi connectivity index (χ0n) is 19.0. The monoisotopic (exact) mass is 465 g/mol. The van der Waals surface area contributed by atoms with Crippen molar-refractivity contribution in [1.82, 2.24) is 4.98 Å². The van der Waals surface area contributed by atoms with E-state index in [0.29, 0.717) is 0 Å². The van der Waals surface area contributed by atoms with Crippen LogP contribution in [-0.4, -0.2) is 4.98 Å². The Hall–Kier alpha value is -4.21. The molecule has 0 atom stereocenters. The number of thiophene rings is 1. The van der Waals surface area contributed by atoms with E-state index in [1.54, 1.807) is 0 Å². The highest BCUT2D eigenvalue weighted by atomic mass is 32.1. The Morgan fingerprint density at radius 3 is 2.37 bits per heavy atom. The first kappa shape index (κ1) is 19.1. The van der Waals surface area contributed by atoms with E-state index in [4.69, 9.17) is 9.40 Å². The summed E-state index contributed by atoms with van der Waals surface area (Å²) in [6.07, 6.45) is 2.04. The van der Waals surface area contributed by atoms with E-state index < -0.39 is 0 Å². The molecule has 2 nitrogen and oxygen atoms in total. The van der Waals surface area contributed by atoms with E-state index in [2.05, 4.69) is 85.8 Å². The standard InChI is InChI=1S/C32H19NOS/c1-18-13-25-24-16-30-27(20-7-2-4-11-29(20)34-30)15-19(24)14-26(28(25)17-33-18)23-10-6-9-22-21-8-3-5-12-31(21)35-32(22)23/h2-17H,1H3. The number of hydrogen-bond donors (Lipinski definition) is 0. The summed E-state index contributed by atoms with van der Waals surface area (Å²) in [7, 11) is 0. The van der Waals surface area contributed by atoms with Gasteiger partial charge in [-0.15, -0.1) is 11.3 Å². The molecule has 0 bridgehead atoms. The maximum absolute atomic E-state index is 6.23. The quantitative estimate of drug-likeness (QED) is 0.226. The van der Waals surface area contributed by atoms with Crippen molar-refractivity contribution in [3.8, 4) is 11.1 Å². The molecule has 3 heterocycles. The highest BCUT2D eigenvalue weighted by molar-refractivity contribution is 7.26. The van der Waals surface area contributed by atoms with Crippen LogP contribution >= 0.6 is 11.3 Å². The molecule has 0 amide bonds. The van der Waals surface area contributed by atoms with E-state index in [-0.39, 0.29) is 0 Å². The minimum absolute atomic E-state index is 0.925. The fraction of sp³-hybridized carbons (Fsp3) is 0.0312. The van der Waals surface area contributed by atoms with Gasteiger partial charge in [0.15, 0.2) is 0 Å². The van der Waals surface area contributed by atoms with Crippen molar-refractivity contribution in [2.45, 2.75) is 6.92 Å². The molecule has 0 radical (unpaired) electrons. The van der Waals surface area contributed by atoms with Crippen LogP contribution in [-0.2, 0) is 0 Å². The van der Waals surface area contributed by atoms with Crippen LogP contribution in [0.4, 0.5) is 0 Å². The van der Waals surface area contributed by atoms with E-state index >= 15 is 0 Å². The Kier molecular flexibility index (Phi) is 3.78. The third-order valence-corrected chi connectivity index (χ3v) is 8.38. The molecule has 5 aromatic carbocycles. The van der Waals surface area contributed by atoms with E-state index in [0.717, 1.165) is 27.6 Å². The van der Waals surface area contributed by atoms with E-state index in [1.807, 2.05) is 29.7 Å². The molecule has 0 saturated heterocycles. The minimum Gasteiger partial charge on any atom is -0.456 e. The lowest BCUT2D eigenvalue weighted by atomic mass is 9.92. The molecule has 0 saturated carbocycles. The number of rotatable bonds is 1. The highest BCUT2D eigenvalue weighted by Gasteiger charge is 2.16. The molecular weight excluding hydrogens is 446 g/mol. The highest BCUT2D eigenvalue weighted by Crippen LogP contribution is 2.44. The molecule has 0 spiro atoms.